The van der Waals surface area contributed by atoms with Gasteiger partial charge in [-0.25, -0.2) is 0 Å². The number of benzene rings is 2. The maximum atomic E-state index is 10.9. The molecule has 0 aliphatic carbocycles. The van der Waals surface area contributed by atoms with Crippen LogP contribution in [0.25, 0.3) is 11.1 Å². The SMILES string of the molecule is CCc1c(-c2ccc([N+](=O)[O-])cc2)c(C)n(Cc2ccc(Cl)cc2)c1C. The molecule has 0 N–H and O–H groups in total. The van der Waals surface area contributed by atoms with Crippen LogP contribution >= 0.6 is 11.6 Å². The highest BCUT2D eigenvalue weighted by molar-refractivity contribution is 6.30. The standard InChI is InChI=1S/C21H21ClN2O2/c1-4-20-14(2)23(13-16-5-9-18(22)10-6-16)15(3)21(20)17-7-11-19(12-8-17)24(25)26/h5-12H,4,13H2,1-3H3. The molecule has 1 aromatic heterocycles. The molecule has 5 heteroatoms. The Labute approximate surface area is 158 Å². The highest BCUT2D eigenvalue weighted by Gasteiger charge is 2.18. The van der Waals surface area contributed by atoms with Gasteiger partial charge < -0.3 is 4.57 Å². The van der Waals surface area contributed by atoms with Gasteiger partial charge in [-0.05, 0) is 61.2 Å². The number of nitro benzene ring substituents is 1. The number of hydrogen-bond acceptors (Lipinski definition) is 2. The normalized spacial score (nSPS) is 10.9. The second-order valence-electron chi connectivity index (χ2n) is 6.39. The van der Waals surface area contributed by atoms with Crippen molar-refractivity contribution in [2.45, 2.75) is 33.7 Å². The second-order valence-corrected chi connectivity index (χ2v) is 6.83. The molecule has 0 aliphatic heterocycles. The highest BCUT2D eigenvalue weighted by Crippen LogP contribution is 2.34. The molecule has 3 aromatic rings. The summed E-state index contributed by atoms with van der Waals surface area (Å²) in [6.07, 6.45) is 0.909. The quantitative estimate of drug-likeness (QED) is 0.413. The first-order chi connectivity index (χ1) is 12.4. The minimum atomic E-state index is -0.367. The molecule has 0 aliphatic rings. The van der Waals surface area contributed by atoms with Crippen LogP contribution in [-0.2, 0) is 13.0 Å². The second kappa shape index (κ2) is 7.34. The Hall–Kier alpha value is -2.59. The summed E-state index contributed by atoms with van der Waals surface area (Å²) < 4.78 is 2.30. The van der Waals surface area contributed by atoms with Crippen molar-refractivity contribution < 1.29 is 4.92 Å². The summed E-state index contributed by atoms with van der Waals surface area (Å²) in [7, 11) is 0. The van der Waals surface area contributed by atoms with E-state index in [-0.39, 0.29) is 10.6 Å². The largest absolute Gasteiger partial charge is 0.344 e. The average Bonchev–Trinajstić information content (AvgIpc) is 2.87. The zero-order valence-corrected chi connectivity index (χ0v) is 15.9. The Morgan fingerprint density at radius 1 is 1.00 bits per heavy atom. The molecular weight excluding hydrogens is 348 g/mol. The van der Waals surface area contributed by atoms with Crippen LogP contribution in [0.4, 0.5) is 5.69 Å². The van der Waals surface area contributed by atoms with Crippen LogP contribution in [-0.4, -0.2) is 9.49 Å². The fraction of sp³-hybridized carbons (Fsp3) is 0.238. The Morgan fingerprint density at radius 3 is 2.15 bits per heavy atom. The van der Waals surface area contributed by atoms with Gasteiger partial charge in [-0.1, -0.05) is 30.7 Å². The van der Waals surface area contributed by atoms with Gasteiger partial charge >= 0.3 is 0 Å². The molecule has 1 heterocycles. The molecule has 0 spiro atoms. The number of halogens is 1. The number of hydrogen-bond donors (Lipinski definition) is 0. The first-order valence-electron chi connectivity index (χ1n) is 8.60. The summed E-state index contributed by atoms with van der Waals surface area (Å²) in [6, 6.07) is 14.7. The first kappa shape index (κ1) is 18.2. The van der Waals surface area contributed by atoms with Gasteiger partial charge in [0.15, 0.2) is 0 Å². The lowest BCUT2D eigenvalue weighted by Gasteiger charge is -2.10. The molecule has 134 valence electrons. The van der Waals surface area contributed by atoms with E-state index in [9.17, 15) is 10.1 Å². The molecule has 0 unspecified atom stereocenters. The predicted octanol–water partition coefficient (Wildman–Crippen LogP) is 5.94. The Bertz CT molecular complexity index is 942. The van der Waals surface area contributed by atoms with Gasteiger partial charge in [0.25, 0.3) is 5.69 Å². The Morgan fingerprint density at radius 2 is 1.62 bits per heavy atom. The van der Waals surface area contributed by atoms with Gasteiger partial charge in [0.05, 0.1) is 4.92 Å². The van der Waals surface area contributed by atoms with E-state index < -0.39 is 0 Å². The minimum Gasteiger partial charge on any atom is -0.344 e. The number of aromatic nitrogens is 1. The molecule has 0 amide bonds. The maximum Gasteiger partial charge on any atom is 0.269 e. The van der Waals surface area contributed by atoms with Gasteiger partial charge in [-0.2, -0.15) is 0 Å². The fourth-order valence-corrected chi connectivity index (χ4v) is 3.65. The van der Waals surface area contributed by atoms with Crippen molar-refractivity contribution in [3.05, 3.63) is 86.2 Å². The number of nitrogens with zero attached hydrogens (tertiary/aromatic N) is 2. The number of non-ortho nitro benzene ring substituents is 1. The summed E-state index contributed by atoms with van der Waals surface area (Å²) in [6.45, 7) is 7.16. The van der Waals surface area contributed by atoms with Crippen molar-refractivity contribution in [1.29, 1.82) is 0 Å². The Balaban J connectivity index is 2.05. The number of rotatable bonds is 5. The molecule has 0 atom stereocenters. The molecule has 2 aromatic carbocycles. The van der Waals surface area contributed by atoms with Crippen LogP contribution in [0.15, 0.2) is 48.5 Å². The van der Waals surface area contributed by atoms with Crippen LogP contribution in [0.2, 0.25) is 5.02 Å². The third kappa shape index (κ3) is 3.37. The summed E-state index contributed by atoms with van der Waals surface area (Å²) >= 11 is 5.99. The van der Waals surface area contributed by atoms with E-state index in [1.165, 1.54) is 28.1 Å². The fourth-order valence-electron chi connectivity index (χ4n) is 3.52. The van der Waals surface area contributed by atoms with Crippen LogP contribution in [0.3, 0.4) is 0 Å². The molecule has 4 nitrogen and oxygen atoms in total. The van der Waals surface area contributed by atoms with Crippen LogP contribution < -0.4 is 0 Å². The van der Waals surface area contributed by atoms with Gasteiger partial charge in [-0.15, -0.1) is 0 Å². The molecule has 0 fully saturated rings. The zero-order chi connectivity index (χ0) is 18.8. The molecule has 0 saturated heterocycles. The molecule has 26 heavy (non-hydrogen) atoms. The van der Waals surface area contributed by atoms with E-state index in [2.05, 4.69) is 25.3 Å². The smallest absolute Gasteiger partial charge is 0.269 e. The molecule has 0 saturated carbocycles. The lowest BCUT2D eigenvalue weighted by atomic mass is 9.99. The van der Waals surface area contributed by atoms with Crippen molar-refractivity contribution >= 4 is 17.3 Å². The average molecular weight is 369 g/mol. The third-order valence-electron chi connectivity index (χ3n) is 4.88. The summed E-state index contributed by atoms with van der Waals surface area (Å²) in [4.78, 5) is 10.5. The van der Waals surface area contributed by atoms with Crippen molar-refractivity contribution in [3.8, 4) is 11.1 Å². The molecule has 3 rings (SSSR count). The van der Waals surface area contributed by atoms with E-state index in [1.807, 2.05) is 36.4 Å². The molecule has 0 bridgehead atoms. The summed E-state index contributed by atoms with van der Waals surface area (Å²) in [5.41, 5.74) is 7.17. The zero-order valence-electron chi connectivity index (χ0n) is 15.1. The first-order valence-corrected chi connectivity index (χ1v) is 8.98. The summed E-state index contributed by atoms with van der Waals surface area (Å²) in [5, 5.41) is 11.6. The lowest BCUT2D eigenvalue weighted by molar-refractivity contribution is -0.384. The third-order valence-corrected chi connectivity index (χ3v) is 5.14. The van der Waals surface area contributed by atoms with Crippen molar-refractivity contribution in [3.63, 3.8) is 0 Å². The number of nitro groups is 1. The van der Waals surface area contributed by atoms with E-state index in [0.717, 1.165) is 23.6 Å². The lowest BCUT2D eigenvalue weighted by Crippen LogP contribution is -2.04. The van der Waals surface area contributed by atoms with Crippen molar-refractivity contribution in [1.82, 2.24) is 4.57 Å². The van der Waals surface area contributed by atoms with Gasteiger partial charge in [0.2, 0.25) is 0 Å². The molecular formula is C21H21ClN2O2. The predicted molar refractivity (Wildman–Crippen MR) is 106 cm³/mol. The van der Waals surface area contributed by atoms with E-state index >= 15 is 0 Å². The Kier molecular flexibility index (Phi) is 5.14. The van der Waals surface area contributed by atoms with Crippen molar-refractivity contribution in [2.24, 2.45) is 0 Å². The summed E-state index contributed by atoms with van der Waals surface area (Å²) in [5.74, 6) is 0. The monoisotopic (exact) mass is 368 g/mol. The van der Waals surface area contributed by atoms with Crippen LogP contribution in [0, 0.1) is 24.0 Å². The van der Waals surface area contributed by atoms with Gasteiger partial charge in [0, 0.05) is 40.7 Å². The van der Waals surface area contributed by atoms with E-state index in [1.54, 1.807) is 12.1 Å². The van der Waals surface area contributed by atoms with Gasteiger partial charge in [-0.3, -0.25) is 10.1 Å². The minimum absolute atomic E-state index is 0.113. The van der Waals surface area contributed by atoms with Gasteiger partial charge in [0.1, 0.15) is 0 Å². The topological polar surface area (TPSA) is 48.1 Å². The maximum absolute atomic E-state index is 10.9. The van der Waals surface area contributed by atoms with Crippen LogP contribution in [0.5, 0.6) is 0 Å². The van der Waals surface area contributed by atoms with Crippen molar-refractivity contribution in [2.75, 3.05) is 0 Å². The van der Waals surface area contributed by atoms with E-state index in [4.69, 9.17) is 11.6 Å². The highest BCUT2D eigenvalue weighted by atomic mass is 35.5. The molecule has 0 radical (unpaired) electrons. The van der Waals surface area contributed by atoms with Crippen LogP contribution in [0.1, 0.15) is 29.4 Å². The van der Waals surface area contributed by atoms with E-state index in [0.29, 0.717) is 0 Å².